The number of nitrogens with one attached hydrogen (secondary N) is 1. The Hall–Kier alpha value is -1.83. The van der Waals surface area contributed by atoms with Crippen molar-refractivity contribution in [3.8, 4) is 5.75 Å². The Bertz CT molecular complexity index is 759. The van der Waals surface area contributed by atoms with Crippen molar-refractivity contribution < 1.29 is 17.9 Å². The second kappa shape index (κ2) is 8.86. The lowest BCUT2D eigenvalue weighted by atomic mass is 10.2. The van der Waals surface area contributed by atoms with Crippen LogP contribution in [0.25, 0.3) is 0 Å². The average Bonchev–Trinajstić information content (AvgIpc) is 2.58. The lowest BCUT2D eigenvalue weighted by molar-refractivity contribution is -0.112. The topological polar surface area (TPSA) is 72.5 Å². The van der Waals surface area contributed by atoms with E-state index in [1.54, 1.807) is 36.4 Å². The molecule has 0 aliphatic carbocycles. The predicted octanol–water partition coefficient (Wildman–Crippen LogP) is 2.61. The zero-order valence-corrected chi connectivity index (χ0v) is 14.9. The van der Waals surface area contributed by atoms with Crippen molar-refractivity contribution in [2.75, 3.05) is 18.9 Å². The van der Waals surface area contributed by atoms with E-state index in [1.807, 2.05) is 25.1 Å². The Morgan fingerprint density at radius 3 is 2.42 bits per heavy atom. The van der Waals surface area contributed by atoms with Crippen LogP contribution in [0.4, 0.5) is 0 Å². The number of benzene rings is 2. The predicted molar refractivity (Wildman–Crippen MR) is 95.8 cm³/mol. The van der Waals surface area contributed by atoms with Gasteiger partial charge in [0.15, 0.2) is 6.61 Å². The van der Waals surface area contributed by atoms with Gasteiger partial charge >= 0.3 is 0 Å². The van der Waals surface area contributed by atoms with Gasteiger partial charge in [0, 0.05) is 12.3 Å². The summed E-state index contributed by atoms with van der Waals surface area (Å²) in [5, 5.41) is -0.145. The van der Waals surface area contributed by atoms with Crippen molar-refractivity contribution in [2.24, 2.45) is 0 Å². The highest BCUT2D eigenvalue weighted by Gasteiger charge is 2.13. The fourth-order valence-corrected chi connectivity index (χ4v) is 3.58. The van der Waals surface area contributed by atoms with Crippen molar-refractivity contribution in [1.82, 2.24) is 4.72 Å². The Kier molecular flexibility index (Phi) is 6.84. The summed E-state index contributed by atoms with van der Waals surface area (Å²) in [5.41, 5.74) is 0.994. The molecule has 0 aliphatic heterocycles. The molecule has 0 amide bonds. The Balaban J connectivity index is 1.70. The summed E-state index contributed by atoms with van der Waals surface area (Å²) in [6.07, 6.45) is 0. The van der Waals surface area contributed by atoms with E-state index in [0.29, 0.717) is 11.5 Å². The number of para-hydroxylation sites is 1. The second-order valence-electron chi connectivity index (χ2n) is 5.03. The zero-order valence-electron chi connectivity index (χ0n) is 13.3. The van der Waals surface area contributed by atoms with Crippen LogP contribution in [0.15, 0.2) is 59.5 Å². The van der Waals surface area contributed by atoms with Gasteiger partial charge in [-0.2, -0.15) is 0 Å². The number of sulfonamides is 1. The van der Waals surface area contributed by atoms with Gasteiger partial charge < -0.3 is 4.74 Å². The maximum Gasteiger partial charge on any atom is 0.240 e. The Labute approximate surface area is 146 Å². The third kappa shape index (κ3) is 5.99. The molecule has 5 nitrogen and oxygen atoms in total. The molecule has 128 valence electrons. The first-order valence-corrected chi connectivity index (χ1v) is 9.84. The maximum atomic E-state index is 12.1. The number of thioether (sulfide) groups is 1. The van der Waals surface area contributed by atoms with E-state index in [0.717, 1.165) is 17.3 Å². The number of hydrogen-bond acceptors (Lipinski definition) is 5. The van der Waals surface area contributed by atoms with Crippen LogP contribution in [0.3, 0.4) is 0 Å². The first-order chi connectivity index (χ1) is 11.5. The van der Waals surface area contributed by atoms with Crippen LogP contribution < -0.4 is 9.46 Å². The van der Waals surface area contributed by atoms with E-state index in [9.17, 15) is 13.2 Å². The van der Waals surface area contributed by atoms with Gasteiger partial charge in [-0.3, -0.25) is 4.79 Å². The number of rotatable bonds is 8. The summed E-state index contributed by atoms with van der Waals surface area (Å²) in [5.74, 6) is 0.980. The number of carbonyl (C=O) groups is 1. The highest BCUT2D eigenvalue weighted by Crippen LogP contribution is 2.11. The third-order valence-electron chi connectivity index (χ3n) is 3.09. The minimum Gasteiger partial charge on any atom is -0.485 e. The van der Waals surface area contributed by atoms with E-state index in [-0.39, 0.29) is 23.2 Å². The molecule has 0 atom stereocenters. The van der Waals surface area contributed by atoms with Crippen LogP contribution in [0.2, 0.25) is 0 Å². The van der Waals surface area contributed by atoms with Crippen LogP contribution in [0.5, 0.6) is 5.75 Å². The van der Waals surface area contributed by atoms with Gasteiger partial charge in [-0.1, -0.05) is 47.7 Å². The van der Waals surface area contributed by atoms with Crippen molar-refractivity contribution >= 4 is 26.9 Å². The monoisotopic (exact) mass is 365 g/mol. The summed E-state index contributed by atoms with van der Waals surface area (Å²) in [6.45, 7) is 2.03. The van der Waals surface area contributed by atoms with Gasteiger partial charge in [0.1, 0.15) is 5.75 Å². The molecule has 0 fully saturated rings. The van der Waals surface area contributed by atoms with Crippen LogP contribution in [-0.2, 0) is 14.8 Å². The molecule has 2 rings (SSSR count). The van der Waals surface area contributed by atoms with Gasteiger partial charge in [0.2, 0.25) is 15.1 Å². The molecule has 0 bridgehead atoms. The largest absolute Gasteiger partial charge is 0.485 e. The quantitative estimate of drug-likeness (QED) is 0.728. The standard InChI is InChI=1S/C17H19NO4S2/c1-14-7-9-16(10-8-14)24(20,21)18-11-12-23-17(19)13-22-15-5-3-2-4-6-15/h2-10,18H,11-13H2,1H3. The fourth-order valence-electron chi connectivity index (χ4n) is 1.84. The number of hydrogen-bond donors (Lipinski definition) is 1. The van der Waals surface area contributed by atoms with Gasteiger partial charge in [0.25, 0.3) is 0 Å². The summed E-state index contributed by atoms with van der Waals surface area (Å²) < 4.78 is 32.0. The van der Waals surface area contributed by atoms with E-state index in [4.69, 9.17) is 4.74 Å². The van der Waals surface area contributed by atoms with Gasteiger partial charge in [-0.15, -0.1) is 0 Å². The molecular weight excluding hydrogens is 346 g/mol. The average molecular weight is 365 g/mol. The van der Waals surface area contributed by atoms with Gasteiger partial charge in [0.05, 0.1) is 4.90 Å². The van der Waals surface area contributed by atoms with Crippen LogP contribution in [-0.4, -0.2) is 32.4 Å². The lowest BCUT2D eigenvalue weighted by Crippen LogP contribution is -2.26. The number of carbonyl (C=O) groups excluding carboxylic acids is 1. The Morgan fingerprint density at radius 1 is 1.08 bits per heavy atom. The zero-order chi connectivity index (χ0) is 17.4. The molecule has 2 aromatic carbocycles. The molecule has 0 radical (unpaired) electrons. The highest BCUT2D eigenvalue weighted by atomic mass is 32.2. The molecule has 1 N–H and O–H groups in total. The minimum atomic E-state index is -3.54. The maximum absolute atomic E-state index is 12.1. The van der Waals surface area contributed by atoms with Crippen molar-refractivity contribution in [3.05, 3.63) is 60.2 Å². The molecular formula is C17H19NO4S2. The highest BCUT2D eigenvalue weighted by molar-refractivity contribution is 8.13. The van der Waals surface area contributed by atoms with Crippen LogP contribution >= 0.6 is 11.8 Å². The van der Waals surface area contributed by atoms with Crippen LogP contribution in [0, 0.1) is 6.92 Å². The molecule has 7 heteroatoms. The van der Waals surface area contributed by atoms with E-state index in [2.05, 4.69) is 4.72 Å². The molecule has 0 aromatic heterocycles. The third-order valence-corrected chi connectivity index (χ3v) is 5.41. The fraction of sp³-hybridized carbons (Fsp3) is 0.235. The molecule has 0 heterocycles. The van der Waals surface area contributed by atoms with E-state index < -0.39 is 10.0 Å². The first kappa shape index (κ1) is 18.5. The second-order valence-corrected chi connectivity index (χ2v) is 7.95. The lowest BCUT2D eigenvalue weighted by Gasteiger charge is -2.07. The molecule has 2 aromatic rings. The van der Waals surface area contributed by atoms with E-state index >= 15 is 0 Å². The van der Waals surface area contributed by atoms with Crippen LogP contribution in [0.1, 0.15) is 5.56 Å². The molecule has 0 saturated heterocycles. The molecule has 0 aliphatic rings. The van der Waals surface area contributed by atoms with Crippen molar-refractivity contribution in [1.29, 1.82) is 0 Å². The summed E-state index contributed by atoms with van der Waals surface area (Å²) in [6, 6.07) is 15.7. The first-order valence-electron chi connectivity index (χ1n) is 7.37. The number of aryl methyl sites for hydroxylation is 1. The smallest absolute Gasteiger partial charge is 0.240 e. The molecule has 0 unspecified atom stereocenters. The molecule has 0 spiro atoms. The minimum absolute atomic E-state index is 0.0423. The summed E-state index contributed by atoms with van der Waals surface area (Å²) in [4.78, 5) is 11.9. The SMILES string of the molecule is Cc1ccc(S(=O)(=O)NCCSC(=O)COc2ccccc2)cc1. The molecule has 0 saturated carbocycles. The van der Waals surface area contributed by atoms with Crippen molar-refractivity contribution in [3.63, 3.8) is 0 Å². The van der Waals surface area contributed by atoms with E-state index in [1.165, 1.54) is 0 Å². The Morgan fingerprint density at radius 2 is 1.75 bits per heavy atom. The van der Waals surface area contributed by atoms with Gasteiger partial charge in [-0.05, 0) is 31.2 Å². The normalized spacial score (nSPS) is 11.2. The number of ether oxygens (including phenoxy) is 1. The summed E-state index contributed by atoms with van der Waals surface area (Å²) in [7, 11) is -3.54. The van der Waals surface area contributed by atoms with Crippen molar-refractivity contribution in [2.45, 2.75) is 11.8 Å². The van der Waals surface area contributed by atoms with Gasteiger partial charge in [-0.25, -0.2) is 13.1 Å². The molecule has 24 heavy (non-hydrogen) atoms. The summed E-state index contributed by atoms with van der Waals surface area (Å²) >= 11 is 1.04.